The molecule has 0 aromatic heterocycles. The lowest BCUT2D eigenvalue weighted by molar-refractivity contribution is 0.0696. The summed E-state index contributed by atoms with van der Waals surface area (Å²) in [6, 6.07) is 11.1. The first-order chi connectivity index (χ1) is 10.5. The number of thiocarbonyl (C=S) groups is 1. The topological polar surface area (TPSA) is 90.8 Å². The number of carbonyl (C=O) groups is 1. The van der Waals surface area contributed by atoms with Gasteiger partial charge in [0.25, 0.3) is 0 Å². The molecule has 0 amide bonds. The van der Waals surface area contributed by atoms with E-state index in [2.05, 4.69) is 10.6 Å². The number of anilines is 2. The first-order valence-corrected chi connectivity index (χ1v) is 6.69. The summed E-state index contributed by atoms with van der Waals surface area (Å²) in [7, 11) is 1.58. The van der Waals surface area contributed by atoms with Crippen LogP contribution >= 0.6 is 12.2 Å². The van der Waals surface area contributed by atoms with Crippen molar-refractivity contribution in [2.24, 2.45) is 0 Å². The molecule has 0 atom stereocenters. The number of phenols is 1. The third kappa shape index (κ3) is 3.86. The molecule has 0 fully saturated rings. The van der Waals surface area contributed by atoms with E-state index in [9.17, 15) is 9.90 Å². The molecule has 2 aromatic rings. The minimum atomic E-state index is -1.11. The van der Waals surface area contributed by atoms with Crippen LogP contribution in [0.2, 0.25) is 0 Å². The first kappa shape index (κ1) is 15.6. The molecular formula is C15H14N2O4S. The molecule has 4 N–H and O–H groups in total. The smallest absolute Gasteiger partial charge is 0.335 e. The Morgan fingerprint density at radius 1 is 1.14 bits per heavy atom. The van der Waals surface area contributed by atoms with Crippen LogP contribution in [-0.2, 0) is 0 Å². The van der Waals surface area contributed by atoms with E-state index in [1.807, 2.05) is 0 Å². The molecule has 7 heteroatoms. The van der Waals surface area contributed by atoms with Gasteiger partial charge < -0.3 is 25.6 Å². The summed E-state index contributed by atoms with van der Waals surface area (Å²) in [6.45, 7) is 0. The van der Waals surface area contributed by atoms with E-state index >= 15 is 0 Å². The Morgan fingerprint density at radius 3 is 2.36 bits per heavy atom. The van der Waals surface area contributed by atoms with Crippen molar-refractivity contribution in [1.82, 2.24) is 0 Å². The predicted molar refractivity (Wildman–Crippen MR) is 87.9 cm³/mol. The van der Waals surface area contributed by atoms with Gasteiger partial charge in [-0.05, 0) is 54.7 Å². The molecule has 0 saturated carbocycles. The summed E-state index contributed by atoms with van der Waals surface area (Å²) in [6.07, 6.45) is 0. The number of ether oxygens (including phenoxy) is 1. The van der Waals surface area contributed by atoms with Gasteiger partial charge in [-0.3, -0.25) is 0 Å². The Labute approximate surface area is 132 Å². The molecule has 6 nitrogen and oxygen atoms in total. The van der Waals surface area contributed by atoms with Crippen molar-refractivity contribution in [2.75, 3.05) is 17.7 Å². The second kappa shape index (κ2) is 6.77. The number of methoxy groups -OCH3 is 1. The van der Waals surface area contributed by atoms with Crippen molar-refractivity contribution in [1.29, 1.82) is 0 Å². The maximum atomic E-state index is 10.8. The number of phenolic OH excluding ortho intramolecular Hbond substituents is 1. The molecule has 0 spiro atoms. The highest BCUT2D eigenvalue weighted by Gasteiger charge is 2.08. The molecule has 114 valence electrons. The van der Waals surface area contributed by atoms with E-state index in [4.69, 9.17) is 22.1 Å². The molecule has 0 aliphatic carbocycles. The summed E-state index contributed by atoms with van der Waals surface area (Å²) < 4.78 is 5.06. The fourth-order valence-electron chi connectivity index (χ4n) is 1.73. The fourth-order valence-corrected chi connectivity index (χ4v) is 1.96. The van der Waals surface area contributed by atoms with Gasteiger partial charge in [-0.25, -0.2) is 4.79 Å². The standard InChI is InChI=1S/C15H14N2O4S/c1-21-11-5-3-10(4-6-11)16-15(22)17-12-7-2-9(14(19)20)8-13(12)18/h2-8,18H,1H3,(H,19,20)(H2,16,17,22). The lowest BCUT2D eigenvalue weighted by Gasteiger charge is -2.12. The van der Waals surface area contributed by atoms with Crippen molar-refractivity contribution in [3.8, 4) is 11.5 Å². The van der Waals surface area contributed by atoms with Gasteiger partial charge in [0.15, 0.2) is 5.11 Å². The molecule has 0 aliphatic heterocycles. The van der Waals surface area contributed by atoms with Gasteiger partial charge in [-0.1, -0.05) is 0 Å². The second-order valence-electron chi connectivity index (χ2n) is 4.34. The predicted octanol–water partition coefficient (Wildman–Crippen LogP) is 2.91. The third-order valence-corrected chi connectivity index (χ3v) is 3.04. The van der Waals surface area contributed by atoms with Crippen LogP contribution in [-0.4, -0.2) is 28.4 Å². The van der Waals surface area contributed by atoms with E-state index in [0.29, 0.717) is 5.69 Å². The van der Waals surface area contributed by atoms with Crippen LogP contribution in [0.4, 0.5) is 11.4 Å². The zero-order chi connectivity index (χ0) is 16.1. The Balaban J connectivity index is 2.03. The zero-order valence-corrected chi connectivity index (χ0v) is 12.5. The van der Waals surface area contributed by atoms with Crippen molar-refractivity contribution in [2.45, 2.75) is 0 Å². The van der Waals surface area contributed by atoms with Crippen LogP contribution in [0.15, 0.2) is 42.5 Å². The van der Waals surface area contributed by atoms with Crippen molar-refractivity contribution >= 4 is 34.7 Å². The minimum Gasteiger partial charge on any atom is -0.506 e. The SMILES string of the molecule is COc1ccc(NC(=S)Nc2ccc(C(=O)O)cc2O)cc1. The molecule has 0 radical (unpaired) electrons. The Bertz CT molecular complexity index is 701. The number of carboxylic acid groups (broad SMARTS) is 1. The number of aromatic carboxylic acids is 1. The van der Waals surface area contributed by atoms with Gasteiger partial charge in [0.2, 0.25) is 0 Å². The lowest BCUT2D eigenvalue weighted by atomic mass is 10.2. The summed E-state index contributed by atoms with van der Waals surface area (Å²) in [5.41, 5.74) is 1.06. The van der Waals surface area contributed by atoms with E-state index in [-0.39, 0.29) is 16.4 Å². The highest BCUT2D eigenvalue weighted by atomic mass is 32.1. The average molecular weight is 318 g/mol. The summed E-state index contributed by atoms with van der Waals surface area (Å²) in [4.78, 5) is 10.8. The number of carboxylic acids is 1. The van der Waals surface area contributed by atoms with E-state index in [1.54, 1.807) is 31.4 Å². The van der Waals surface area contributed by atoms with Gasteiger partial charge >= 0.3 is 5.97 Å². The molecular weight excluding hydrogens is 304 g/mol. The first-order valence-electron chi connectivity index (χ1n) is 6.28. The van der Waals surface area contributed by atoms with Crippen molar-refractivity contribution < 1.29 is 19.7 Å². The Morgan fingerprint density at radius 2 is 1.82 bits per heavy atom. The lowest BCUT2D eigenvalue weighted by Crippen LogP contribution is -2.19. The summed E-state index contributed by atoms with van der Waals surface area (Å²) in [5, 5.41) is 24.6. The van der Waals surface area contributed by atoms with Gasteiger partial charge in [0.1, 0.15) is 11.5 Å². The van der Waals surface area contributed by atoms with Gasteiger partial charge in [-0.2, -0.15) is 0 Å². The minimum absolute atomic E-state index is 0.00270. The normalized spacial score (nSPS) is 9.86. The maximum absolute atomic E-state index is 10.8. The van der Waals surface area contributed by atoms with Crippen molar-refractivity contribution in [3.05, 3.63) is 48.0 Å². The van der Waals surface area contributed by atoms with Gasteiger partial charge in [0.05, 0.1) is 18.4 Å². The number of hydrogen-bond acceptors (Lipinski definition) is 4. The molecule has 0 bridgehead atoms. The quantitative estimate of drug-likeness (QED) is 0.509. The van der Waals surface area contributed by atoms with Crippen LogP contribution in [0.1, 0.15) is 10.4 Å². The molecule has 0 heterocycles. The number of nitrogens with one attached hydrogen (secondary N) is 2. The van der Waals surface area contributed by atoms with Crippen LogP contribution in [0.25, 0.3) is 0 Å². The van der Waals surface area contributed by atoms with Crippen LogP contribution in [0.3, 0.4) is 0 Å². The molecule has 22 heavy (non-hydrogen) atoms. The fraction of sp³-hybridized carbons (Fsp3) is 0.0667. The number of aromatic hydroxyl groups is 1. The van der Waals surface area contributed by atoms with E-state index in [0.717, 1.165) is 17.5 Å². The van der Waals surface area contributed by atoms with E-state index < -0.39 is 5.97 Å². The van der Waals surface area contributed by atoms with Crippen LogP contribution in [0, 0.1) is 0 Å². The Kier molecular flexibility index (Phi) is 4.80. The number of rotatable bonds is 4. The van der Waals surface area contributed by atoms with Gasteiger partial charge in [0, 0.05) is 5.69 Å². The highest BCUT2D eigenvalue weighted by Crippen LogP contribution is 2.24. The molecule has 2 aromatic carbocycles. The van der Waals surface area contributed by atoms with E-state index in [1.165, 1.54) is 12.1 Å². The average Bonchev–Trinajstić information content (AvgIpc) is 2.50. The monoisotopic (exact) mass is 318 g/mol. The highest BCUT2D eigenvalue weighted by molar-refractivity contribution is 7.80. The summed E-state index contributed by atoms with van der Waals surface area (Å²) in [5.74, 6) is -0.578. The maximum Gasteiger partial charge on any atom is 0.335 e. The zero-order valence-electron chi connectivity index (χ0n) is 11.7. The van der Waals surface area contributed by atoms with Crippen molar-refractivity contribution in [3.63, 3.8) is 0 Å². The molecule has 2 rings (SSSR count). The van der Waals surface area contributed by atoms with Crippen LogP contribution < -0.4 is 15.4 Å². The largest absolute Gasteiger partial charge is 0.506 e. The number of hydrogen-bond donors (Lipinski definition) is 4. The molecule has 0 aliphatic rings. The Hall–Kier alpha value is -2.80. The van der Waals surface area contributed by atoms with Gasteiger partial charge in [-0.15, -0.1) is 0 Å². The van der Waals surface area contributed by atoms with Crippen LogP contribution in [0.5, 0.6) is 11.5 Å². The third-order valence-electron chi connectivity index (χ3n) is 2.84. The summed E-state index contributed by atoms with van der Waals surface area (Å²) >= 11 is 5.14. The molecule has 0 unspecified atom stereocenters. The second-order valence-corrected chi connectivity index (χ2v) is 4.75. The number of benzene rings is 2. The molecule has 0 saturated heterocycles.